The van der Waals surface area contributed by atoms with Crippen LogP contribution in [0.1, 0.15) is 26.7 Å². The van der Waals surface area contributed by atoms with Gasteiger partial charge in [-0.25, -0.2) is 4.79 Å². The monoisotopic (exact) mass is 212 g/mol. The number of hydrogen-bond donors (Lipinski definition) is 1. The van der Waals surface area contributed by atoms with Crippen LogP contribution in [0, 0.1) is 5.41 Å². The molecule has 0 aromatic carbocycles. The first-order valence-electron chi connectivity index (χ1n) is 5.70. The lowest BCUT2D eigenvalue weighted by molar-refractivity contribution is 0.180. The van der Waals surface area contributed by atoms with Crippen LogP contribution in [-0.4, -0.2) is 43.3 Å². The average Bonchev–Trinajstić information content (AvgIpc) is 2.74. The third kappa shape index (κ3) is 2.62. The number of urea groups is 1. The van der Waals surface area contributed by atoms with Gasteiger partial charge in [0.15, 0.2) is 0 Å². The molecule has 2 aliphatic heterocycles. The number of carbonyl (C=O) groups is 1. The van der Waals surface area contributed by atoms with Gasteiger partial charge in [-0.1, -0.05) is 13.8 Å². The van der Waals surface area contributed by atoms with Crippen LogP contribution in [0.3, 0.4) is 0 Å². The molecule has 0 radical (unpaired) electrons. The minimum Gasteiger partial charge on any atom is -0.379 e. The Bertz CT molecular complexity index is 247. The molecule has 2 heterocycles. The SMILES string of the molecule is CC1(C)CCN(C(=O)NC2CCOC2)C1. The normalized spacial score (nSPS) is 29.5. The van der Waals surface area contributed by atoms with Crippen molar-refractivity contribution in [3.05, 3.63) is 0 Å². The first-order chi connectivity index (χ1) is 7.07. The van der Waals surface area contributed by atoms with Crippen molar-refractivity contribution in [1.82, 2.24) is 10.2 Å². The highest BCUT2D eigenvalue weighted by Gasteiger charge is 2.32. The molecule has 0 bridgehead atoms. The molecule has 2 saturated heterocycles. The van der Waals surface area contributed by atoms with E-state index in [0.29, 0.717) is 6.61 Å². The first kappa shape index (κ1) is 10.7. The minimum atomic E-state index is 0.0797. The smallest absolute Gasteiger partial charge is 0.317 e. The van der Waals surface area contributed by atoms with E-state index in [-0.39, 0.29) is 17.5 Å². The molecule has 1 N–H and O–H groups in total. The summed E-state index contributed by atoms with van der Waals surface area (Å²) in [6, 6.07) is 0.303. The maximum Gasteiger partial charge on any atom is 0.317 e. The Morgan fingerprint density at radius 3 is 2.87 bits per heavy atom. The largest absolute Gasteiger partial charge is 0.379 e. The second-order valence-electron chi connectivity index (χ2n) is 5.35. The zero-order valence-electron chi connectivity index (χ0n) is 9.58. The van der Waals surface area contributed by atoms with Gasteiger partial charge in [-0.15, -0.1) is 0 Å². The number of nitrogens with one attached hydrogen (secondary N) is 1. The number of amides is 2. The highest BCUT2D eigenvalue weighted by Crippen LogP contribution is 2.28. The Morgan fingerprint density at radius 2 is 2.33 bits per heavy atom. The van der Waals surface area contributed by atoms with Crippen LogP contribution in [0.2, 0.25) is 0 Å². The highest BCUT2D eigenvalue weighted by atomic mass is 16.5. The Kier molecular flexibility index (Phi) is 2.87. The predicted octanol–water partition coefficient (Wildman–Crippen LogP) is 1.22. The molecule has 0 aliphatic carbocycles. The van der Waals surface area contributed by atoms with Crippen molar-refractivity contribution in [3.63, 3.8) is 0 Å². The third-order valence-corrected chi connectivity index (χ3v) is 3.22. The molecule has 2 rings (SSSR count). The van der Waals surface area contributed by atoms with Crippen molar-refractivity contribution in [2.24, 2.45) is 5.41 Å². The molecule has 2 amide bonds. The fraction of sp³-hybridized carbons (Fsp3) is 0.909. The van der Waals surface area contributed by atoms with Crippen molar-refractivity contribution in [2.75, 3.05) is 26.3 Å². The summed E-state index contributed by atoms with van der Waals surface area (Å²) < 4.78 is 5.23. The zero-order valence-corrected chi connectivity index (χ0v) is 9.58. The average molecular weight is 212 g/mol. The summed E-state index contributed by atoms with van der Waals surface area (Å²) in [5, 5.41) is 3.02. The number of carbonyl (C=O) groups excluding carboxylic acids is 1. The van der Waals surface area contributed by atoms with Gasteiger partial charge in [0.1, 0.15) is 0 Å². The van der Waals surface area contributed by atoms with Gasteiger partial charge in [0.25, 0.3) is 0 Å². The molecule has 2 aliphatic rings. The van der Waals surface area contributed by atoms with Gasteiger partial charge >= 0.3 is 6.03 Å². The lowest BCUT2D eigenvalue weighted by Crippen LogP contribution is -2.44. The Labute approximate surface area is 91.0 Å². The van der Waals surface area contributed by atoms with E-state index < -0.39 is 0 Å². The molecule has 15 heavy (non-hydrogen) atoms. The van der Waals surface area contributed by atoms with Crippen molar-refractivity contribution < 1.29 is 9.53 Å². The molecule has 86 valence electrons. The van der Waals surface area contributed by atoms with E-state index in [1.54, 1.807) is 0 Å². The topological polar surface area (TPSA) is 41.6 Å². The first-order valence-corrected chi connectivity index (χ1v) is 5.70. The standard InChI is InChI=1S/C11H20N2O2/c1-11(2)4-5-13(8-11)10(14)12-9-3-6-15-7-9/h9H,3-8H2,1-2H3,(H,12,14). The molecule has 4 nitrogen and oxygen atoms in total. The molecule has 0 spiro atoms. The second kappa shape index (κ2) is 4.00. The quantitative estimate of drug-likeness (QED) is 0.710. The highest BCUT2D eigenvalue weighted by molar-refractivity contribution is 5.75. The Balaban J connectivity index is 1.81. The molecule has 1 unspecified atom stereocenters. The number of likely N-dealkylation sites (tertiary alicyclic amines) is 1. The van der Waals surface area contributed by atoms with Gasteiger partial charge in [-0.05, 0) is 18.3 Å². The lowest BCUT2D eigenvalue weighted by Gasteiger charge is -2.22. The number of nitrogens with zero attached hydrogens (tertiary/aromatic N) is 1. The maximum absolute atomic E-state index is 11.8. The minimum absolute atomic E-state index is 0.0797. The van der Waals surface area contributed by atoms with Crippen molar-refractivity contribution >= 4 is 6.03 Å². The van der Waals surface area contributed by atoms with E-state index >= 15 is 0 Å². The van der Waals surface area contributed by atoms with Gasteiger partial charge in [0, 0.05) is 19.7 Å². The van der Waals surface area contributed by atoms with Crippen LogP contribution in [0.5, 0.6) is 0 Å². The maximum atomic E-state index is 11.8. The summed E-state index contributed by atoms with van der Waals surface area (Å²) in [6.45, 7) is 7.61. The van der Waals surface area contributed by atoms with E-state index in [9.17, 15) is 4.79 Å². The molecule has 4 heteroatoms. The molecule has 1 atom stereocenters. The van der Waals surface area contributed by atoms with Gasteiger partial charge in [0.2, 0.25) is 0 Å². The number of ether oxygens (including phenoxy) is 1. The van der Waals surface area contributed by atoms with Gasteiger partial charge in [-0.3, -0.25) is 0 Å². The van der Waals surface area contributed by atoms with Gasteiger partial charge in [-0.2, -0.15) is 0 Å². The second-order valence-corrected chi connectivity index (χ2v) is 5.35. The van der Waals surface area contributed by atoms with Crippen molar-refractivity contribution in [3.8, 4) is 0 Å². The molecular formula is C11H20N2O2. The van der Waals surface area contributed by atoms with Crippen LogP contribution in [-0.2, 0) is 4.74 Å². The van der Waals surface area contributed by atoms with E-state index in [0.717, 1.165) is 32.5 Å². The van der Waals surface area contributed by atoms with E-state index in [4.69, 9.17) is 4.74 Å². The van der Waals surface area contributed by atoms with Crippen LogP contribution in [0.15, 0.2) is 0 Å². The molecule has 0 saturated carbocycles. The summed E-state index contributed by atoms with van der Waals surface area (Å²) in [6.07, 6.45) is 2.05. The zero-order chi connectivity index (χ0) is 10.9. The molecular weight excluding hydrogens is 192 g/mol. The fourth-order valence-electron chi connectivity index (χ4n) is 2.20. The van der Waals surface area contributed by atoms with E-state index in [2.05, 4.69) is 19.2 Å². The van der Waals surface area contributed by atoms with Crippen LogP contribution >= 0.6 is 0 Å². The Hall–Kier alpha value is -0.770. The van der Waals surface area contributed by atoms with E-state index in [1.807, 2.05) is 4.90 Å². The van der Waals surface area contributed by atoms with Gasteiger partial charge < -0.3 is 15.0 Å². The Morgan fingerprint density at radius 1 is 1.53 bits per heavy atom. The van der Waals surface area contributed by atoms with Crippen molar-refractivity contribution in [1.29, 1.82) is 0 Å². The van der Waals surface area contributed by atoms with Gasteiger partial charge in [0.05, 0.1) is 12.6 Å². The lowest BCUT2D eigenvalue weighted by atomic mass is 9.93. The summed E-state index contributed by atoms with van der Waals surface area (Å²) in [4.78, 5) is 13.8. The third-order valence-electron chi connectivity index (χ3n) is 3.22. The summed E-state index contributed by atoms with van der Waals surface area (Å²) in [5.41, 5.74) is 0.281. The summed E-state index contributed by atoms with van der Waals surface area (Å²) in [5.74, 6) is 0. The number of rotatable bonds is 1. The van der Waals surface area contributed by atoms with Crippen molar-refractivity contribution in [2.45, 2.75) is 32.7 Å². The van der Waals surface area contributed by atoms with Crippen LogP contribution in [0.4, 0.5) is 4.79 Å². The van der Waals surface area contributed by atoms with Crippen LogP contribution < -0.4 is 5.32 Å². The summed E-state index contributed by atoms with van der Waals surface area (Å²) in [7, 11) is 0. The summed E-state index contributed by atoms with van der Waals surface area (Å²) >= 11 is 0. The predicted molar refractivity (Wildman–Crippen MR) is 57.7 cm³/mol. The van der Waals surface area contributed by atoms with Crippen LogP contribution in [0.25, 0.3) is 0 Å². The van der Waals surface area contributed by atoms with E-state index in [1.165, 1.54) is 0 Å². The molecule has 0 aromatic heterocycles. The number of hydrogen-bond acceptors (Lipinski definition) is 2. The fourth-order valence-corrected chi connectivity index (χ4v) is 2.20. The molecule has 2 fully saturated rings. The molecule has 0 aromatic rings.